The van der Waals surface area contributed by atoms with Crippen molar-refractivity contribution >= 4 is 33.4 Å². The average molecular weight is 436 g/mol. The molecule has 1 atom stereocenters. The molecule has 28 heavy (non-hydrogen) atoms. The van der Waals surface area contributed by atoms with Crippen molar-refractivity contribution in [1.29, 1.82) is 0 Å². The molecular weight excluding hydrogens is 418 g/mol. The smallest absolute Gasteiger partial charge is 0.260 e. The predicted octanol–water partition coefficient (Wildman–Crippen LogP) is 4.25. The van der Waals surface area contributed by atoms with E-state index < -0.39 is 6.04 Å². The summed E-state index contributed by atoms with van der Waals surface area (Å²) in [7, 11) is 0. The second-order valence-electron chi connectivity index (χ2n) is 6.57. The molecule has 1 aliphatic heterocycles. The first-order valence-electron chi connectivity index (χ1n) is 8.98. The van der Waals surface area contributed by atoms with Crippen LogP contribution in [0, 0.1) is 0 Å². The third-order valence-corrected chi connectivity index (χ3v) is 5.26. The van der Waals surface area contributed by atoms with Gasteiger partial charge < -0.3 is 5.32 Å². The zero-order chi connectivity index (χ0) is 19.5. The number of nitrogens with one attached hydrogen (secondary N) is 1. The molecule has 0 fully saturated rings. The number of amides is 2. The molecule has 0 saturated heterocycles. The van der Waals surface area contributed by atoms with Crippen LogP contribution in [0.15, 0.2) is 77.4 Å². The highest BCUT2D eigenvalue weighted by Crippen LogP contribution is 2.38. The van der Waals surface area contributed by atoms with Crippen LogP contribution >= 0.6 is 15.9 Å². The number of anilines is 1. The fourth-order valence-electron chi connectivity index (χ4n) is 3.38. The average Bonchev–Trinajstić information content (AvgIpc) is 3.00. The van der Waals surface area contributed by atoms with E-state index in [1.165, 1.54) is 0 Å². The number of nitrogens with zero attached hydrogens (tertiary/aromatic N) is 2. The number of carbonyl (C=O) groups excluding carboxylic acids is 2. The Balaban J connectivity index is 1.54. The maximum atomic E-state index is 13.0. The molecule has 0 bridgehead atoms. The van der Waals surface area contributed by atoms with Gasteiger partial charge in [0, 0.05) is 22.9 Å². The van der Waals surface area contributed by atoms with Crippen LogP contribution in [0.3, 0.4) is 0 Å². The fraction of sp³-hybridized carbons (Fsp3) is 0.136. The molecule has 2 heterocycles. The Labute approximate surface area is 171 Å². The summed E-state index contributed by atoms with van der Waals surface area (Å²) < 4.78 is 0.994. The second kappa shape index (κ2) is 7.94. The third kappa shape index (κ3) is 3.68. The molecule has 1 aliphatic rings. The van der Waals surface area contributed by atoms with E-state index in [0.717, 1.165) is 15.7 Å². The van der Waals surface area contributed by atoms with Gasteiger partial charge in [-0.15, -0.1) is 0 Å². The van der Waals surface area contributed by atoms with Gasteiger partial charge in [0.15, 0.2) is 0 Å². The molecule has 0 radical (unpaired) electrons. The van der Waals surface area contributed by atoms with Crippen molar-refractivity contribution in [3.05, 3.63) is 94.2 Å². The number of halogens is 1. The number of hydrogen-bond acceptors (Lipinski definition) is 3. The molecule has 1 aromatic heterocycles. The molecule has 2 aromatic carbocycles. The van der Waals surface area contributed by atoms with Gasteiger partial charge in [-0.25, -0.2) is 0 Å². The Kier molecular flexibility index (Phi) is 5.21. The Hall–Kier alpha value is -2.99. The number of rotatable bonds is 5. The molecule has 6 heteroatoms. The highest BCUT2D eigenvalue weighted by atomic mass is 79.9. The van der Waals surface area contributed by atoms with Crippen LogP contribution in [0.2, 0.25) is 0 Å². The topological polar surface area (TPSA) is 62.3 Å². The first-order valence-corrected chi connectivity index (χ1v) is 9.77. The number of para-hydroxylation sites is 1. The van der Waals surface area contributed by atoms with E-state index in [9.17, 15) is 9.59 Å². The molecule has 5 nitrogen and oxygen atoms in total. The Morgan fingerprint density at radius 2 is 1.79 bits per heavy atom. The van der Waals surface area contributed by atoms with Crippen LogP contribution in [-0.2, 0) is 11.3 Å². The Morgan fingerprint density at radius 3 is 2.54 bits per heavy atom. The minimum Gasteiger partial charge on any atom is -0.352 e. The summed E-state index contributed by atoms with van der Waals surface area (Å²) in [6.07, 6.45) is 1.81. The molecule has 3 aromatic rings. The number of aromatic nitrogens is 1. The van der Waals surface area contributed by atoms with Gasteiger partial charge >= 0.3 is 0 Å². The summed E-state index contributed by atoms with van der Waals surface area (Å²) in [4.78, 5) is 31.7. The van der Waals surface area contributed by atoms with Gasteiger partial charge in [0.05, 0.1) is 23.7 Å². The molecule has 0 spiro atoms. The van der Waals surface area contributed by atoms with Gasteiger partial charge in [-0.3, -0.25) is 19.5 Å². The lowest BCUT2D eigenvalue weighted by atomic mass is 10.1. The van der Waals surface area contributed by atoms with E-state index in [0.29, 0.717) is 17.8 Å². The van der Waals surface area contributed by atoms with Crippen molar-refractivity contribution in [3.8, 4) is 0 Å². The number of carbonyl (C=O) groups is 2. The van der Waals surface area contributed by atoms with Gasteiger partial charge in [-0.05, 0) is 42.0 Å². The van der Waals surface area contributed by atoms with E-state index in [-0.39, 0.29) is 18.2 Å². The largest absolute Gasteiger partial charge is 0.352 e. The molecule has 4 rings (SSSR count). The molecule has 1 N–H and O–H groups in total. The summed E-state index contributed by atoms with van der Waals surface area (Å²) in [5, 5.41) is 2.94. The molecule has 0 aliphatic carbocycles. The number of fused-ring (bicyclic) bond motifs is 1. The first kappa shape index (κ1) is 18.4. The van der Waals surface area contributed by atoms with E-state index in [2.05, 4.69) is 26.2 Å². The van der Waals surface area contributed by atoms with Crippen LogP contribution in [0.1, 0.15) is 34.1 Å². The maximum Gasteiger partial charge on any atom is 0.260 e. The van der Waals surface area contributed by atoms with Crippen molar-refractivity contribution in [3.63, 3.8) is 0 Å². The minimum atomic E-state index is -0.420. The van der Waals surface area contributed by atoms with E-state index in [1.807, 2.05) is 54.6 Å². The summed E-state index contributed by atoms with van der Waals surface area (Å²) in [5.41, 5.74) is 2.97. The SMILES string of the molecule is O=C(C[C@H]1c2ncccc2C(=O)N1c1ccccc1)NCc1ccc(Br)cc1. The van der Waals surface area contributed by atoms with Crippen molar-refractivity contribution < 1.29 is 9.59 Å². The predicted molar refractivity (Wildman–Crippen MR) is 111 cm³/mol. The van der Waals surface area contributed by atoms with E-state index >= 15 is 0 Å². The second-order valence-corrected chi connectivity index (χ2v) is 7.49. The lowest BCUT2D eigenvalue weighted by Gasteiger charge is -2.24. The zero-order valence-electron chi connectivity index (χ0n) is 15.0. The molecular formula is C22H18BrN3O2. The van der Waals surface area contributed by atoms with Crippen LogP contribution in [0.25, 0.3) is 0 Å². The van der Waals surface area contributed by atoms with E-state index in [4.69, 9.17) is 0 Å². The van der Waals surface area contributed by atoms with Gasteiger partial charge in [0.1, 0.15) is 0 Å². The molecule has 140 valence electrons. The van der Waals surface area contributed by atoms with Gasteiger partial charge in [0.25, 0.3) is 5.91 Å². The zero-order valence-corrected chi connectivity index (χ0v) is 16.6. The summed E-state index contributed by atoms with van der Waals surface area (Å²) in [5.74, 6) is -0.250. The third-order valence-electron chi connectivity index (χ3n) is 4.73. The molecule has 0 unspecified atom stereocenters. The lowest BCUT2D eigenvalue weighted by Crippen LogP contribution is -2.32. The summed E-state index contributed by atoms with van der Waals surface area (Å²) in [6.45, 7) is 0.438. The fourth-order valence-corrected chi connectivity index (χ4v) is 3.65. The highest BCUT2D eigenvalue weighted by molar-refractivity contribution is 9.10. The molecule has 2 amide bonds. The van der Waals surface area contributed by atoms with E-state index in [1.54, 1.807) is 23.2 Å². The van der Waals surface area contributed by atoms with Gasteiger partial charge in [-0.1, -0.05) is 46.3 Å². The standard InChI is InChI=1S/C22H18BrN3O2/c23-16-10-8-15(9-11-16)14-25-20(27)13-19-21-18(7-4-12-24-21)22(28)26(19)17-5-2-1-3-6-17/h1-12,19H,13-14H2,(H,25,27)/t19-/m0/s1. The Bertz CT molecular complexity index is 1010. The minimum absolute atomic E-state index is 0.125. The van der Waals surface area contributed by atoms with Crippen LogP contribution in [0.5, 0.6) is 0 Å². The lowest BCUT2D eigenvalue weighted by molar-refractivity contribution is -0.121. The number of pyridine rings is 1. The van der Waals surface area contributed by atoms with Crippen molar-refractivity contribution in [2.75, 3.05) is 4.90 Å². The quantitative estimate of drug-likeness (QED) is 0.651. The molecule has 0 saturated carbocycles. The maximum absolute atomic E-state index is 13.0. The van der Waals surface area contributed by atoms with Gasteiger partial charge in [-0.2, -0.15) is 0 Å². The highest BCUT2D eigenvalue weighted by Gasteiger charge is 2.39. The first-order chi connectivity index (χ1) is 13.6. The number of benzene rings is 2. The number of hydrogen-bond donors (Lipinski definition) is 1. The summed E-state index contributed by atoms with van der Waals surface area (Å²) in [6, 6.07) is 20.3. The monoisotopic (exact) mass is 435 g/mol. The Morgan fingerprint density at radius 1 is 1.04 bits per heavy atom. The van der Waals surface area contributed by atoms with Crippen molar-refractivity contribution in [2.45, 2.75) is 19.0 Å². The van der Waals surface area contributed by atoms with Crippen molar-refractivity contribution in [2.24, 2.45) is 0 Å². The summed E-state index contributed by atoms with van der Waals surface area (Å²) >= 11 is 3.40. The van der Waals surface area contributed by atoms with Gasteiger partial charge in [0.2, 0.25) is 5.91 Å². The van der Waals surface area contributed by atoms with Crippen LogP contribution < -0.4 is 10.2 Å². The normalized spacial score (nSPS) is 15.4. The van der Waals surface area contributed by atoms with Crippen LogP contribution in [-0.4, -0.2) is 16.8 Å². The van der Waals surface area contributed by atoms with Crippen LogP contribution in [0.4, 0.5) is 5.69 Å². The van der Waals surface area contributed by atoms with Crippen molar-refractivity contribution in [1.82, 2.24) is 10.3 Å².